The first-order chi connectivity index (χ1) is 11.7. The highest BCUT2D eigenvalue weighted by atomic mass is 32.2. The first-order valence-corrected chi connectivity index (χ1v) is 9.35. The average molecular weight is 374 g/mol. The SMILES string of the molecule is CS(=O)(=O)N(CC(=O)O)CC1CN(C(=O)c2ccccc2F)CCO1. The van der Waals surface area contributed by atoms with E-state index in [1.165, 1.54) is 23.1 Å². The highest BCUT2D eigenvalue weighted by Crippen LogP contribution is 2.15. The van der Waals surface area contributed by atoms with Crippen molar-refractivity contribution >= 4 is 21.9 Å². The largest absolute Gasteiger partial charge is 0.480 e. The van der Waals surface area contributed by atoms with Gasteiger partial charge in [0.25, 0.3) is 5.91 Å². The van der Waals surface area contributed by atoms with Gasteiger partial charge in [-0.2, -0.15) is 4.31 Å². The Kier molecular flexibility index (Phi) is 6.09. The monoisotopic (exact) mass is 374 g/mol. The van der Waals surface area contributed by atoms with E-state index in [4.69, 9.17) is 9.84 Å². The number of rotatable bonds is 6. The quantitative estimate of drug-likeness (QED) is 0.752. The molecule has 0 aliphatic carbocycles. The van der Waals surface area contributed by atoms with Crippen LogP contribution in [0.25, 0.3) is 0 Å². The predicted octanol–water partition coefficient (Wildman–Crippen LogP) is 0.0129. The van der Waals surface area contributed by atoms with Crippen LogP contribution in [0.2, 0.25) is 0 Å². The molecule has 1 aromatic carbocycles. The number of amides is 1. The molecule has 1 N–H and O–H groups in total. The van der Waals surface area contributed by atoms with Crippen LogP contribution in [-0.4, -0.2) is 79.8 Å². The van der Waals surface area contributed by atoms with Crippen molar-refractivity contribution in [2.45, 2.75) is 6.10 Å². The van der Waals surface area contributed by atoms with Gasteiger partial charge < -0.3 is 14.7 Å². The fraction of sp³-hybridized carbons (Fsp3) is 0.467. The number of halogens is 1. The van der Waals surface area contributed by atoms with Crippen LogP contribution in [0.1, 0.15) is 10.4 Å². The van der Waals surface area contributed by atoms with E-state index in [0.29, 0.717) is 0 Å². The number of nitrogens with zero attached hydrogens (tertiary/aromatic N) is 2. The highest BCUT2D eigenvalue weighted by molar-refractivity contribution is 7.88. The molecule has 1 unspecified atom stereocenters. The summed E-state index contributed by atoms with van der Waals surface area (Å²) in [4.78, 5) is 24.6. The Balaban J connectivity index is 2.08. The molecule has 1 fully saturated rings. The number of carboxylic acid groups (broad SMARTS) is 1. The summed E-state index contributed by atoms with van der Waals surface area (Å²) in [5.41, 5.74) is -0.0753. The van der Waals surface area contributed by atoms with Crippen molar-refractivity contribution in [3.63, 3.8) is 0 Å². The van der Waals surface area contributed by atoms with Gasteiger partial charge in [0.05, 0.1) is 24.5 Å². The van der Waals surface area contributed by atoms with Crippen LogP contribution in [0.5, 0.6) is 0 Å². The smallest absolute Gasteiger partial charge is 0.318 e. The average Bonchev–Trinajstić information content (AvgIpc) is 2.53. The van der Waals surface area contributed by atoms with Gasteiger partial charge in [-0.3, -0.25) is 9.59 Å². The van der Waals surface area contributed by atoms with E-state index in [-0.39, 0.29) is 31.8 Å². The highest BCUT2D eigenvalue weighted by Gasteiger charge is 2.30. The molecular formula is C15H19FN2O6S. The molecule has 138 valence electrons. The van der Waals surface area contributed by atoms with Crippen molar-refractivity contribution in [1.82, 2.24) is 9.21 Å². The molecule has 1 aliphatic heterocycles. The van der Waals surface area contributed by atoms with E-state index in [1.54, 1.807) is 6.07 Å². The number of carbonyl (C=O) groups excluding carboxylic acids is 1. The van der Waals surface area contributed by atoms with E-state index in [1.807, 2.05) is 0 Å². The molecule has 1 aliphatic rings. The van der Waals surface area contributed by atoms with Crippen molar-refractivity contribution in [3.8, 4) is 0 Å². The van der Waals surface area contributed by atoms with Gasteiger partial charge >= 0.3 is 5.97 Å². The summed E-state index contributed by atoms with van der Waals surface area (Å²) in [5, 5.41) is 8.84. The molecule has 1 aromatic rings. The maximum absolute atomic E-state index is 13.8. The van der Waals surface area contributed by atoms with E-state index in [2.05, 4.69) is 0 Å². The van der Waals surface area contributed by atoms with Gasteiger partial charge in [0.1, 0.15) is 12.4 Å². The minimum absolute atomic E-state index is 0.0405. The molecular weight excluding hydrogens is 355 g/mol. The summed E-state index contributed by atoms with van der Waals surface area (Å²) in [6.45, 7) is -0.470. The summed E-state index contributed by atoms with van der Waals surface area (Å²) >= 11 is 0. The van der Waals surface area contributed by atoms with Crippen molar-refractivity contribution in [3.05, 3.63) is 35.6 Å². The predicted molar refractivity (Wildman–Crippen MR) is 86.1 cm³/mol. The summed E-state index contributed by atoms with van der Waals surface area (Å²) in [5.74, 6) is -2.45. The Hall–Kier alpha value is -2.04. The van der Waals surface area contributed by atoms with Crippen LogP contribution in [0.15, 0.2) is 24.3 Å². The first kappa shape index (κ1) is 19.3. The number of benzene rings is 1. The van der Waals surface area contributed by atoms with Gasteiger partial charge in [-0.1, -0.05) is 12.1 Å². The lowest BCUT2D eigenvalue weighted by Gasteiger charge is -2.35. The lowest BCUT2D eigenvalue weighted by atomic mass is 10.1. The number of hydrogen-bond donors (Lipinski definition) is 1. The van der Waals surface area contributed by atoms with Crippen molar-refractivity contribution in [2.24, 2.45) is 0 Å². The van der Waals surface area contributed by atoms with Crippen LogP contribution >= 0.6 is 0 Å². The third-order valence-electron chi connectivity index (χ3n) is 3.72. The molecule has 1 heterocycles. The summed E-state index contributed by atoms with van der Waals surface area (Å²) < 4.78 is 43.4. The maximum Gasteiger partial charge on any atom is 0.318 e. The molecule has 0 radical (unpaired) electrons. The molecule has 8 nitrogen and oxygen atoms in total. The zero-order chi connectivity index (χ0) is 18.6. The van der Waals surface area contributed by atoms with E-state index in [0.717, 1.165) is 10.6 Å². The zero-order valence-corrected chi connectivity index (χ0v) is 14.4. The van der Waals surface area contributed by atoms with Gasteiger partial charge in [0.15, 0.2) is 0 Å². The normalized spacial score (nSPS) is 18.4. The summed E-state index contributed by atoms with van der Waals surface area (Å²) in [7, 11) is -3.75. The molecule has 0 aromatic heterocycles. The molecule has 1 amide bonds. The molecule has 0 spiro atoms. The number of hydrogen-bond acceptors (Lipinski definition) is 5. The lowest BCUT2D eigenvalue weighted by Crippen LogP contribution is -2.51. The van der Waals surface area contributed by atoms with Crippen LogP contribution in [0.3, 0.4) is 0 Å². The fourth-order valence-corrected chi connectivity index (χ4v) is 3.30. The standard InChI is InChI=1S/C15H19FN2O6S/c1-25(22,23)18(10-14(19)20)9-11-8-17(6-7-24-11)15(21)12-4-2-3-5-13(12)16/h2-5,11H,6-10H2,1H3,(H,19,20). The second kappa shape index (κ2) is 7.89. The van der Waals surface area contributed by atoms with Crippen molar-refractivity contribution in [2.75, 3.05) is 39.0 Å². The van der Waals surface area contributed by atoms with Gasteiger partial charge in [0.2, 0.25) is 10.0 Å². The Labute approximate surface area is 144 Å². The van der Waals surface area contributed by atoms with E-state index < -0.39 is 40.4 Å². The molecule has 2 rings (SSSR count). The molecule has 10 heteroatoms. The third-order valence-corrected chi connectivity index (χ3v) is 4.93. The number of aliphatic carboxylic acids is 1. The Morgan fingerprint density at radius 2 is 2.08 bits per heavy atom. The third kappa shape index (κ3) is 5.21. The van der Waals surface area contributed by atoms with Gasteiger partial charge in [-0.25, -0.2) is 12.8 Å². The summed E-state index contributed by atoms with van der Waals surface area (Å²) in [6, 6.07) is 5.58. The molecule has 0 saturated carbocycles. The fourth-order valence-electron chi connectivity index (χ4n) is 2.51. The van der Waals surface area contributed by atoms with E-state index in [9.17, 15) is 22.4 Å². The van der Waals surface area contributed by atoms with Gasteiger partial charge in [-0.15, -0.1) is 0 Å². The molecule has 1 saturated heterocycles. The molecule has 1 atom stereocenters. The van der Waals surface area contributed by atoms with Gasteiger partial charge in [-0.05, 0) is 12.1 Å². The van der Waals surface area contributed by atoms with Crippen molar-refractivity contribution < 1.29 is 32.2 Å². The minimum Gasteiger partial charge on any atom is -0.480 e. The lowest BCUT2D eigenvalue weighted by molar-refractivity contribution is -0.137. The summed E-state index contributed by atoms with van der Waals surface area (Å²) in [6.07, 6.45) is 0.208. The second-order valence-corrected chi connectivity index (χ2v) is 7.66. The number of sulfonamides is 1. The second-order valence-electron chi connectivity index (χ2n) is 5.67. The topological polar surface area (TPSA) is 104 Å². The molecule has 0 bridgehead atoms. The van der Waals surface area contributed by atoms with Crippen LogP contribution in [-0.2, 0) is 19.6 Å². The number of carbonyl (C=O) groups is 2. The zero-order valence-electron chi connectivity index (χ0n) is 13.6. The number of morpholine rings is 1. The van der Waals surface area contributed by atoms with Gasteiger partial charge in [0, 0.05) is 19.6 Å². The van der Waals surface area contributed by atoms with Crippen LogP contribution in [0, 0.1) is 5.82 Å². The van der Waals surface area contributed by atoms with Crippen LogP contribution in [0.4, 0.5) is 4.39 Å². The Morgan fingerprint density at radius 1 is 1.40 bits per heavy atom. The Morgan fingerprint density at radius 3 is 2.68 bits per heavy atom. The number of carboxylic acids is 1. The Bertz CT molecular complexity index is 754. The maximum atomic E-state index is 13.8. The van der Waals surface area contributed by atoms with Crippen molar-refractivity contribution in [1.29, 1.82) is 0 Å². The first-order valence-electron chi connectivity index (χ1n) is 7.51. The van der Waals surface area contributed by atoms with Crippen LogP contribution < -0.4 is 0 Å². The minimum atomic E-state index is -3.75. The molecule has 25 heavy (non-hydrogen) atoms. The number of ether oxygens (including phenoxy) is 1. The van der Waals surface area contributed by atoms with E-state index >= 15 is 0 Å².